The van der Waals surface area contributed by atoms with E-state index in [-0.39, 0.29) is 0 Å². The average molecular weight is 778 g/mol. The van der Waals surface area contributed by atoms with E-state index in [9.17, 15) is 0 Å². The van der Waals surface area contributed by atoms with Crippen molar-refractivity contribution in [1.82, 2.24) is 0 Å². The van der Waals surface area contributed by atoms with E-state index in [2.05, 4.69) is 207 Å². The quantitative estimate of drug-likeness (QED) is 0.0821. The first-order chi connectivity index (χ1) is 26.6. The first-order valence-electron chi connectivity index (χ1n) is 19.7. The molecule has 56 heavy (non-hydrogen) atoms. The molecule has 278 valence electrons. The topological polar surface area (TPSA) is 10.8 Å². The summed E-state index contributed by atoms with van der Waals surface area (Å²) in [5, 5.41) is 11.8. The van der Waals surface area contributed by atoms with Crippen molar-refractivity contribution in [1.29, 1.82) is 0 Å². The van der Waals surface area contributed by atoms with E-state index < -0.39 is 24.2 Å². The van der Waals surface area contributed by atoms with E-state index in [4.69, 9.17) is 6.57 Å². The fourth-order valence-electron chi connectivity index (χ4n) is 8.02. The Kier molecular flexibility index (Phi) is 9.32. The maximum absolute atomic E-state index is 7.60. The Balaban J connectivity index is 1.36. The van der Waals surface area contributed by atoms with Crippen LogP contribution in [-0.2, 0) is 0 Å². The minimum Gasteiger partial charge on any atom is -0.310 e. The average Bonchev–Trinajstić information content (AvgIpc) is 3.18. The lowest BCUT2D eigenvalue weighted by molar-refractivity contribution is 1.30. The summed E-state index contributed by atoms with van der Waals surface area (Å²) in [6.07, 6.45) is 0. The van der Waals surface area contributed by atoms with Crippen molar-refractivity contribution < 1.29 is 0 Å². The SMILES string of the molecule is [C-]#[N+]c1ccc(N(c2ccc([Si](C)(C)C)cc2)c2ccc3ccc4c(N(c5ccc([Si](C)(C)C)cc5)c5ccc([Si](C)(C)C)cc5)ccc5ccc2c3c54)cc1. The number of benzene rings is 8. The Bertz CT molecular complexity index is 2670. The van der Waals surface area contributed by atoms with E-state index in [1.54, 1.807) is 0 Å². The lowest BCUT2D eigenvalue weighted by atomic mass is 9.91. The largest absolute Gasteiger partial charge is 0.310 e. The Hall–Kier alpha value is -5.46. The maximum Gasteiger partial charge on any atom is 0.187 e. The normalized spacial score (nSPS) is 12.4. The van der Waals surface area contributed by atoms with Gasteiger partial charge in [-0.25, -0.2) is 4.85 Å². The standard InChI is InChI=1S/C50H51N3Si3/c1-51-37-15-17-38(18-16-37)52(39-19-25-42(26-20-39)54(2,3)4)47-33-13-35-12-32-46-48(34-14-36-11-31-45(47)49(35)50(36)46)53(40-21-27-43(28-22-40)55(5,6)7)41-23-29-44(30-24-41)56(8,9)10/h11-34H,2-10H3. The molecule has 3 nitrogen and oxygen atoms in total. The monoisotopic (exact) mass is 777 g/mol. The predicted molar refractivity (Wildman–Crippen MR) is 255 cm³/mol. The van der Waals surface area contributed by atoms with Crippen LogP contribution in [0.25, 0.3) is 37.2 Å². The summed E-state index contributed by atoms with van der Waals surface area (Å²) in [4.78, 5) is 8.51. The van der Waals surface area contributed by atoms with Crippen LogP contribution in [0.3, 0.4) is 0 Å². The number of nitrogens with zero attached hydrogens (tertiary/aromatic N) is 3. The Morgan fingerprint density at radius 2 is 0.643 bits per heavy atom. The van der Waals surface area contributed by atoms with Crippen LogP contribution >= 0.6 is 0 Å². The van der Waals surface area contributed by atoms with Gasteiger partial charge in [-0.05, 0) is 82.2 Å². The number of hydrogen-bond acceptors (Lipinski definition) is 2. The molecule has 0 heterocycles. The molecule has 0 aliphatic heterocycles. The minimum absolute atomic E-state index is 0.639. The fourth-order valence-corrected chi connectivity index (χ4v) is 11.5. The molecule has 0 aliphatic carbocycles. The molecule has 0 atom stereocenters. The molecular formula is C50H51N3Si3. The second kappa shape index (κ2) is 13.9. The molecule has 0 saturated heterocycles. The number of hydrogen-bond donors (Lipinski definition) is 0. The highest BCUT2D eigenvalue weighted by Crippen LogP contribution is 2.47. The van der Waals surface area contributed by atoms with Crippen LogP contribution in [0.5, 0.6) is 0 Å². The first kappa shape index (κ1) is 37.5. The predicted octanol–water partition coefficient (Wildman–Crippen LogP) is 13.7. The molecule has 8 rings (SSSR count). The third-order valence-electron chi connectivity index (χ3n) is 11.3. The van der Waals surface area contributed by atoms with Gasteiger partial charge in [0.25, 0.3) is 0 Å². The van der Waals surface area contributed by atoms with Gasteiger partial charge >= 0.3 is 0 Å². The molecule has 0 N–H and O–H groups in total. The molecule has 0 aromatic heterocycles. The van der Waals surface area contributed by atoms with Gasteiger partial charge in [0.15, 0.2) is 5.69 Å². The van der Waals surface area contributed by atoms with E-state index in [1.165, 1.54) is 64.9 Å². The zero-order valence-corrected chi connectivity index (χ0v) is 37.2. The van der Waals surface area contributed by atoms with Crippen molar-refractivity contribution in [2.45, 2.75) is 58.9 Å². The Labute approximate surface area is 336 Å². The lowest BCUT2D eigenvalue weighted by Crippen LogP contribution is -2.37. The molecule has 0 saturated carbocycles. The smallest absolute Gasteiger partial charge is 0.187 e. The Morgan fingerprint density at radius 3 is 0.929 bits per heavy atom. The highest BCUT2D eigenvalue weighted by Gasteiger charge is 2.24. The molecule has 6 heteroatoms. The molecule has 0 fully saturated rings. The van der Waals surface area contributed by atoms with Gasteiger partial charge in [0, 0.05) is 33.5 Å². The minimum atomic E-state index is -1.49. The molecule has 0 spiro atoms. The van der Waals surface area contributed by atoms with Gasteiger partial charge in [0.1, 0.15) is 0 Å². The van der Waals surface area contributed by atoms with Gasteiger partial charge in [-0.3, -0.25) is 0 Å². The van der Waals surface area contributed by atoms with Crippen LogP contribution in [0.4, 0.5) is 39.8 Å². The van der Waals surface area contributed by atoms with Crippen molar-refractivity contribution in [3.8, 4) is 0 Å². The van der Waals surface area contributed by atoms with E-state index >= 15 is 0 Å². The molecule has 0 amide bonds. The Morgan fingerprint density at radius 1 is 0.357 bits per heavy atom. The molecule has 0 aliphatic rings. The number of rotatable bonds is 9. The zero-order chi connectivity index (χ0) is 39.6. The first-order valence-corrected chi connectivity index (χ1v) is 30.2. The van der Waals surface area contributed by atoms with Crippen LogP contribution < -0.4 is 25.4 Å². The highest BCUT2D eigenvalue weighted by molar-refractivity contribution is 6.89. The van der Waals surface area contributed by atoms with E-state index in [0.29, 0.717) is 5.69 Å². The van der Waals surface area contributed by atoms with Crippen LogP contribution in [0.15, 0.2) is 146 Å². The summed E-state index contributed by atoms with van der Waals surface area (Å²) < 4.78 is 0. The fraction of sp³-hybridized carbons (Fsp3) is 0.180. The lowest BCUT2D eigenvalue weighted by Gasteiger charge is -2.30. The van der Waals surface area contributed by atoms with Crippen LogP contribution in [0.2, 0.25) is 58.9 Å². The van der Waals surface area contributed by atoms with E-state index in [1.807, 2.05) is 12.1 Å². The third-order valence-corrected chi connectivity index (χ3v) is 17.5. The molecule has 8 aromatic rings. The van der Waals surface area contributed by atoms with Gasteiger partial charge in [-0.2, -0.15) is 0 Å². The summed E-state index contributed by atoms with van der Waals surface area (Å²) in [6, 6.07) is 54.2. The van der Waals surface area contributed by atoms with Crippen molar-refractivity contribution in [3.05, 3.63) is 157 Å². The summed E-state index contributed by atoms with van der Waals surface area (Å²) in [6.45, 7) is 29.3. The van der Waals surface area contributed by atoms with Crippen molar-refractivity contribution in [2.75, 3.05) is 9.80 Å². The molecule has 0 bridgehead atoms. The van der Waals surface area contributed by atoms with Crippen molar-refractivity contribution >= 4 is 112 Å². The van der Waals surface area contributed by atoms with Crippen molar-refractivity contribution in [2.24, 2.45) is 0 Å². The molecule has 8 aromatic carbocycles. The van der Waals surface area contributed by atoms with Gasteiger partial charge in [-0.15, -0.1) is 0 Å². The second-order valence-corrected chi connectivity index (χ2v) is 33.5. The summed E-state index contributed by atoms with van der Waals surface area (Å²) >= 11 is 0. The summed E-state index contributed by atoms with van der Waals surface area (Å²) in [5.41, 5.74) is 7.40. The molecule has 0 radical (unpaired) electrons. The van der Waals surface area contributed by atoms with Gasteiger partial charge in [0.2, 0.25) is 0 Å². The maximum atomic E-state index is 7.60. The molecule has 0 unspecified atom stereocenters. The second-order valence-electron chi connectivity index (χ2n) is 18.3. The van der Waals surface area contributed by atoms with Gasteiger partial charge < -0.3 is 9.80 Å². The van der Waals surface area contributed by atoms with Gasteiger partial charge in [-0.1, -0.05) is 159 Å². The summed E-state index contributed by atoms with van der Waals surface area (Å²) in [5.74, 6) is 0. The summed E-state index contributed by atoms with van der Waals surface area (Å²) in [7, 11) is -4.44. The van der Waals surface area contributed by atoms with Crippen molar-refractivity contribution in [3.63, 3.8) is 0 Å². The van der Waals surface area contributed by atoms with Crippen LogP contribution in [0.1, 0.15) is 0 Å². The zero-order valence-electron chi connectivity index (χ0n) is 34.2. The van der Waals surface area contributed by atoms with Crippen LogP contribution in [-0.4, -0.2) is 24.2 Å². The number of anilines is 6. The van der Waals surface area contributed by atoms with Crippen LogP contribution in [0, 0.1) is 6.57 Å². The van der Waals surface area contributed by atoms with Gasteiger partial charge in [0.05, 0.1) is 42.2 Å². The van der Waals surface area contributed by atoms with E-state index in [0.717, 1.165) is 17.1 Å². The molecular weight excluding hydrogens is 727 g/mol. The third kappa shape index (κ3) is 6.85. The highest BCUT2D eigenvalue weighted by atomic mass is 28.3.